The Morgan fingerprint density at radius 1 is 1.07 bits per heavy atom. The summed E-state index contributed by atoms with van der Waals surface area (Å²) in [6.45, 7) is 7.41. The van der Waals surface area contributed by atoms with Gasteiger partial charge in [0, 0.05) is 47.2 Å². The molecule has 1 aliphatic heterocycles. The lowest BCUT2D eigenvalue weighted by atomic mass is 9.81. The fourth-order valence-corrected chi connectivity index (χ4v) is 5.09. The normalized spacial score (nSPS) is 18.6. The molecule has 4 rings (SSSR count). The van der Waals surface area contributed by atoms with Crippen LogP contribution in [0.4, 0.5) is 0 Å². The highest BCUT2D eigenvalue weighted by atomic mass is 35.5. The van der Waals surface area contributed by atoms with E-state index in [1.54, 1.807) is 18.2 Å². The Balaban J connectivity index is 1.77. The zero-order valence-corrected chi connectivity index (χ0v) is 24.6. The third kappa shape index (κ3) is 7.36. The summed E-state index contributed by atoms with van der Waals surface area (Å²) in [5.41, 5.74) is 1.03. The van der Waals surface area contributed by atoms with Gasteiger partial charge < -0.3 is 19.9 Å². The fourth-order valence-electron chi connectivity index (χ4n) is 4.58. The van der Waals surface area contributed by atoms with Crippen LogP contribution in [0.25, 0.3) is 0 Å². The third-order valence-corrected chi connectivity index (χ3v) is 7.31. The summed E-state index contributed by atoms with van der Waals surface area (Å²) in [4.78, 5) is 19.2. The van der Waals surface area contributed by atoms with Crippen molar-refractivity contribution in [2.24, 2.45) is 10.4 Å². The van der Waals surface area contributed by atoms with Crippen LogP contribution in [0.3, 0.4) is 0 Å². The minimum absolute atomic E-state index is 0.0559. The van der Waals surface area contributed by atoms with Crippen LogP contribution in [-0.2, 0) is 16.0 Å². The highest BCUT2D eigenvalue weighted by molar-refractivity contribution is 6.35. The maximum Gasteiger partial charge on any atom is 0.252 e. The van der Waals surface area contributed by atoms with Crippen molar-refractivity contribution >= 4 is 35.0 Å². The summed E-state index contributed by atoms with van der Waals surface area (Å²) in [7, 11) is 0. The van der Waals surface area contributed by atoms with E-state index in [4.69, 9.17) is 42.8 Å². The molecule has 0 saturated heterocycles. The van der Waals surface area contributed by atoms with Gasteiger partial charge in [0.15, 0.2) is 11.6 Å². The molecule has 8 heteroatoms. The van der Waals surface area contributed by atoms with Gasteiger partial charge in [-0.05, 0) is 53.8 Å². The van der Waals surface area contributed by atoms with Gasteiger partial charge in [0.25, 0.3) is 5.91 Å². The number of nitrogens with one attached hydrogen (secondary N) is 1. The Morgan fingerprint density at radius 2 is 1.80 bits per heavy atom. The molecule has 6 nitrogen and oxygen atoms in total. The number of halogens is 2. The molecule has 3 aromatic carbocycles. The van der Waals surface area contributed by atoms with Crippen molar-refractivity contribution in [1.82, 2.24) is 5.32 Å². The van der Waals surface area contributed by atoms with Gasteiger partial charge in [0.1, 0.15) is 5.75 Å². The first-order valence-corrected chi connectivity index (χ1v) is 14.2. The lowest BCUT2D eigenvalue weighted by Crippen LogP contribution is -2.50. The SMILES string of the molecule is CC(C)(C)CCNC(=O)[C@]1(Cc2ccccc2)N=C(c2ccc(OCCCO)cc2)O[C@@H]1c1ccc(Cl)cc1Cl. The number of rotatable bonds is 11. The highest BCUT2D eigenvalue weighted by Gasteiger charge is 2.53. The van der Waals surface area contributed by atoms with Crippen molar-refractivity contribution in [2.75, 3.05) is 19.8 Å². The van der Waals surface area contributed by atoms with E-state index in [9.17, 15) is 4.79 Å². The monoisotopic (exact) mass is 582 g/mol. The predicted molar refractivity (Wildman–Crippen MR) is 160 cm³/mol. The van der Waals surface area contributed by atoms with Gasteiger partial charge in [-0.2, -0.15) is 0 Å². The van der Waals surface area contributed by atoms with E-state index in [-0.39, 0.29) is 17.9 Å². The number of ether oxygens (including phenoxy) is 2. The molecule has 3 aromatic rings. The van der Waals surface area contributed by atoms with Gasteiger partial charge in [-0.25, -0.2) is 4.99 Å². The summed E-state index contributed by atoms with van der Waals surface area (Å²) < 4.78 is 12.2. The lowest BCUT2D eigenvalue weighted by molar-refractivity contribution is -0.129. The number of aliphatic imine (C=N–C) groups is 1. The van der Waals surface area contributed by atoms with Gasteiger partial charge in [-0.3, -0.25) is 4.79 Å². The fraction of sp³-hybridized carbons (Fsp3) is 0.375. The van der Waals surface area contributed by atoms with Crippen LogP contribution in [0.5, 0.6) is 5.75 Å². The molecule has 0 spiro atoms. The lowest BCUT2D eigenvalue weighted by Gasteiger charge is -2.31. The summed E-state index contributed by atoms with van der Waals surface area (Å²) in [5.74, 6) is 0.791. The maximum absolute atomic E-state index is 14.2. The number of nitrogens with zero attached hydrogens (tertiary/aromatic N) is 1. The Kier molecular flexibility index (Phi) is 9.77. The molecule has 0 bridgehead atoms. The Bertz CT molecular complexity index is 1320. The maximum atomic E-state index is 14.2. The van der Waals surface area contributed by atoms with Crippen molar-refractivity contribution in [1.29, 1.82) is 0 Å². The number of benzene rings is 3. The largest absolute Gasteiger partial charge is 0.494 e. The number of hydrogen-bond acceptors (Lipinski definition) is 5. The van der Waals surface area contributed by atoms with Crippen molar-refractivity contribution < 1.29 is 19.4 Å². The molecule has 1 heterocycles. The minimum Gasteiger partial charge on any atom is -0.494 e. The van der Waals surface area contributed by atoms with Crippen LogP contribution in [-0.4, -0.2) is 42.2 Å². The van der Waals surface area contributed by atoms with Crippen molar-refractivity contribution in [3.05, 3.63) is 99.5 Å². The molecule has 0 aromatic heterocycles. The zero-order valence-electron chi connectivity index (χ0n) is 23.1. The van der Waals surface area contributed by atoms with Gasteiger partial charge in [0.05, 0.1) is 6.61 Å². The second-order valence-electron chi connectivity index (χ2n) is 11.2. The highest BCUT2D eigenvalue weighted by Crippen LogP contribution is 2.45. The first-order chi connectivity index (χ1) is 19.1. The molecule has 1 aliphatic rings. The molecule has 0 aliphatic carbocycles. The average Bonchev–Trinajstić information content (AvgIpc) is 3.29. The molecular formula is C32H36Cl2N2O4. The van der Waals surface area contributed by atoms with Crippen LogP contribution in [0.1, 0.15) is 56.4 Å². The van der Waals surface area contributed by atoms with Crippen LogP contribution in [0.15, 0.2) is 77.8 Å². The van der Waals surface area contributed by atoms with Crippen LogP contribution < -0.4 is 10.1 Å². The summed E-state index contributed by atoms with van der Waals surface area (Å²) in [6.07, 6.45) is 0.877. The average molecular weight is 584 g/mol. The van der Waals surface area contributed by atoms with Gasteiger partial charge in [0.2, 0.25) is 5.90 Å². The van der Waals surface area contributed by atoms with Gasteiger partial charge in [-0.1, -0.05) is 80.4 Å². The molecule has 0 unspecified atom stereocenters. The number of carbonyl (C=O) groups excluding carboxylic acids is 1. The number of amides is 1. The van der Waals surface area contributed by atoms with E-state index < -0.39 is 11.6 Å². The number of hydrogen-bond donors (Lipinski definition) is 2. The van der Waals surface area contributed by atoms with E-state index in [0.717, 1.165) is 12.0 Å². The minimum atomic E-state index is -1.32. The molecule has 0 fully saturated rings. The molecular weight excluding hydrogens is 547 g/mol. The van der Waals surface area contributed by atoms with Crippen LogP contribution in [0, 0.1) is 5.41 Å². The molecule has 1 amide bonds. The smallest absolute Gasteiger partial charge is 0.252 e. The molecule has 2 atom stereocenters. The molecule has 0 radical (unpaired) electrons. The summed E-state index contributed by atoms with van der Waals surface area (Å²) in [6, 6.07) is 22.3. The molecule has 212 valence electrons. The predicted octanol–water partition coefficient (Wildman–Crippen LogP) is 6.81. The van der Waals surface area contributed by atoms with Crippen molar-refractivity contribution in [2.45, 2.75) is 51.7 Å². The second kappa shape index (κ2) is 13.1. The first kappa shape index (κ1) is 29.9. The zero-order chi connectivity index (χ0) is 28.8. The van der Waals surface area contributed by atoms with Gasteiger partial charge in [-0.15, -0.1) is 0 Å². The van der Waals surface area contributed by atoms with Crippen LogP contribution in [0.2, 0.25) is 10.0 Å². The van der Waals surface area contributed by atoms with E-state index in [1.165, 1.54) is 0 Å². The number of carbonyl (C=O) groups is 1. The van der Waals surface area contributed by atoms with E-state index in [1.807, 2.05) is 54.6 Å². The topological polar surface area (TPSA) is 80.2 Å². The van der Waals surface area contributed by atoms with Gasteiger partial charge >= 0.3 is 0 Å². The van der Waals surface area contributed by atoms with Crippen molar-refractivity contribution in [3.63, 3.8) is 0 Å². The molecule has 0 saturated carbocycles. The Hall–Kier alpha value is -3.06. The quantitative estimate of drug-likeness (QED) is 0.243. The molecule has 2 N–H and O–H groups in total. The summed E-state index contributed by atoms with van der Waals surface area (Å²) in [5, 5.41) is 13.1. The number of aliphatic hydroxyl groups excluding tert-OH is 1. The van der Waals surface area contributed by atoms with E-state index in [2.05, 4.69) is 26.1 Å². The molecule has 40 heavy (non-hydrogen) atoms. The van der Waals surface area contributed by atoms with E-state index >= 15 is 0 Å². The Labute approximate surface area is 246 Å². The summed E-state index contributed by atoms with van der Waals surface area (Å²) >= 11 is 12.9. The van der Waals surface area contributed by atoms with E-state index in [0.29, 0.717) is 58.8 Å². The standard InChI is InChI=1S/C32H36Cl2N2O4/c1-31(2,3)16-17-35-30(38)32(21-22-8-5-4-6-9-22)28(26-15-12-24(33)20-27(26)34)40-29(36-32)23-10-13-25(14-11-23)39-19-7-18-37/h4-6,8-15,20,28,37H,7,16-19,21H2,1-3H3,(H,35,38)/t28-,32-/m1/s1. The third-order valence-electron chi connectivity index (χ3n) is 6.75. The Morgan fingerprint density at radius 3 is 2.45 bits per heavy atom. The number of aliphatic hydroxyl groups is 1. The second-order valence-corrected chi connectivity index (χ2v) is 12.0. The first-order valence-electron chi connectivity index (χ1n) is 13.5. The van der Waals surface area contributed by atoms with Crippen LogP contribution >= 0.6 is 23.2 Å². The van der Waals surface area contributed by atoms with Crippen molar-refractivity contribution in [3.8, 4) is 5.75 Å².